The summed E-state index contributed by atoms with van der Waals surface area (Å²) in [4.78, 5) is 4.02. The van der Waals surface area contributed by atoms with Gasteiger partial charge in [-0.05, 0) is 17.7 Å². The molecule has 16 heavy (non-hydrogen) atoms. The lowest BCUT2D eigenvalue weighted by Gasteiger charge is -2.01. The van der Waals surface area contributed by atoms with Crippen molar-refractivity contribution >= 4 is 6.01 Å². The predicted octanol–water partition coefficient (Wildman–Crippen LogP) is 0.955. The number of methoxy groups -OCH3 is 1. The molecule has 0 bridgehead atoms. The van der Waals surface area contributed by atoms with Crippen LogP contribution in [0.4, 0.5) is 6.01 Å². The average molecular weight is 220 g/mol. The zero-order valence-corrected chi connectivity index (χ0v) is 8.80. The molecular weight excluding hydrogens is 208 g/mol. The molecule has 0 saturated heterocycles. The highest BCUT2D eigenvalue weighted by molar-refractivity contribution is 5.30. The molecule has 6 nitrogen and oxygen atoms in total. The molecule has 0 aliphatic heterocycles. The minimum absolute atomic E-state index is 0.206. The third-order valence-electron chi connectivity index (χ3n) is 2.09. The summed E-state index contributed by atoms with van der Waals surface area (Å²) in [5.41, 5.74) is 3.34. The second-order valence-electron chi connectivity index (χ2n) is 3.19. The molecule has 1 heterocycles. The molecule has 2 rings (SSSR count). The van der Waals surface area contributed by atoms with Gasteiger partial charge in [-0.15, -0.1) is 0 Å². The topological polar surface area (TPSA) is 86.2 Å². The Bertz CT molecular complexity index is 469. The molecule has 0 spiro atoms. The van der Waals surface area contributed by atoms with Crippen LogP contribution in [0.2, 0.25) is 0 Å². The van der Waals surface area contributed by atoms with Gasteiger partial charge in [-0.1, -0.05) is 17.3 Å². The summed E-state index contributed by atoms with van der Waals surface area (Å²) in [6.45, 7) is 0. The molecule has 6 heteroatoms. The van der Waals surface area contributed by atoms with Gasteiger partial charge in [-0.3, -0.25) is 5.43 Å². The van der Waals surface area contributed by atoms with Gasteiger partial charge in [0.05, 0.1) is 7.11 Å². The van der Waals surface area contributed by atoms with E-state index in [1.54, 1.807) is 7.11 Å². The molecule has 0 aliphatic rings. The number of nitrogen functional groups attached to an aromatic ring is 1. The third-order valence-corrected chi connectivity index (χ3v) is 2.09. The normalized spacial score (nSPS) is 10.1. The highest BCUT2D eigenvalue weighted by atomic mass is 16.5. The van der Waals surface area contributed by atoms with Gasteiger partial charge in [0, 0.05) is 6.42 Å². The standard InChI is InChI=1S/C10H12N4O2/c1-15-8-4-2-3-7(5-8)6-9-12-10(13-11)16-14-9/h2-5H,6,11H2,1H3,(H,12,13,14). The molecule has 0 unspecified atom stereocenters. The molecule has 2 aromatic rings. The highest BCUT2D eigenvalue weighted by Crippen LogP contribution is 2.15. The molecule has 84 valence electrons. The van der Waals surface area contributed by atoms with Crippen LogP contribution >= 0.6 is 0 Å². The minimum atomic E-state index is 0.206. The molecular formula is C10H12N4O2. The number of anilines is 1. The SMILES string of the molecule is COc1cccc(Cc2noc(NN)n2)c1. The van der Waals surface area contributed by atoms with Crippen molar-refractivity contribution in [2.75, 3.05) is 12.5 Å². The zero-order chi connectivity index (χ0) is 11.4. The first kappa shape index (κ1) is 10.4. The number of hydrazine groups is 1. The Morgan fingerprint density at radius 2 is 2.38 bits per heavy atom. The number of hydrogen-bond acceptors (Lipinski definition) is 6. The maximum Gasteiger partial charge on any atom is 0.335 e. The van der Waals surface area contributed by atoms with Crippen molar-refractivity contribution in [3.8, 4) is 5.75 Å². The van der Waals surface area contributed by atoms with Crippen LogP contribution in [0, 0.1) is 0 Å². The lowest BCUT2D eigenvalue weighted by molar-refractivity contribution is 0.414. The van der Waals surface area contributed by atoms with Crippen LogP contribution in [0.15, 0.2) is 28.8 Å². The summed E-state index contributed by atoms with van der Waals surface area (Å²) >= 11 is 0. The summed E-state index contributed by atoms with van der Waals surface area (Å²) < 4.78 is 9.94. The fraction of sp³-hybridized carbons (Fsp3) is 0.200. The largest absolute Gasteiger partial charge is 0.497 e. The Labute approximate surface area is 92.4 Å². The van der Waals surface area contributed by atoms with E-state index in [0.29, 0.717) is 12.2 Å². The van der Waals surface area contributed by atoms with E-state index in [2.05, 4.69) is 15.6 Å². The van der Waals surface area contributed by atoms with Gasteiger partial charge in [0.15, 0.2) is 5.82 Å². The number of nitrogens with two attached hydrogens (primary N) is 1. The first-order chi connectivity index (χ1) is 7.81. The molecule has 1 aromatic carbocycles. The first-order valence-electron chi connectivity index (χ1n) is 4.74. The molecule has 0 fully saturated rings. The van der Waals surface area contributed by atoms with Gasteiger partial charge in [0.1, 0.15) is 5.75 Å². The smallest absolute Gasteiger partial charge is 0.335 e. The lowest BCUT2D eigenvalue weighted by atomic mass is 10.1. The number of benzene rings is 1. The minimum Gasteiger partial charge on any atom is -0.497 e. The number of rotatable bonds is 4. The third kappa shape index (κ3) is 2.29. The number of hydrogen-bond donors (Lipinski definition) is 2. The Hall–Kier alpha value is -2.08. The summed E-state index contributed by atoms with van der Waals surface area (Å²) in [5.74, 6) is 6.51. The van der Waals surface area contributed by atoms with Crippen molar-refractivity contribution in [2.24, 2.45) is 5.84 Å². The van der Waals surface area contributed by atoms with Crippen molar-refractivity contribution in [1.29, 1.82) is 0 Å². The Morgan fingerprint density at radius 1 is 1.50 bits per heavy atom. The fourth-order valence-corrected chi connectivity index (χ4v) is 1.35. The molecule has 3 N–H and O–H groups in total. The quantitative estimate of drug-likeness (QED) is 0.589. The zero-order valence-electron chi connectivity index (χ0n) is 8.80. The van der Waals surface area contributed by atoms with Crippen LogP contribution < -0.4 is 16.0 Å². The Kier molecular flexibility index (Phi) is 3.02. The summed E-state index contributed by atoms with van der Waals surface area (Å²) in [7, 11) is 1.63. The number of nitrogens with zero attached hydrogens (tertiary/aromatic N) is 2. The van der Waals surface area contributed by atoms with Gasteiger partial charge < -0.3 is 9.26 Å². The van der Waals surface area contributed by atoms with E-state index < -0.39 is 0 Å². The maximum atomic E-state index is 5.14. The van der Waals surface area contributed by atoms with Crippen molar-refractivity contribution < 1.29 is 9.26 Å². The summed E-state index contributed by atoms with van der Waals surface area (Å²) in [5, 5.41) is 3.77. The molecule has 0 radical (unpaired) electrons. The fourth-order valence-electron chi connectivity index (χ4n) is 1.35. The Balaban J connectivity index is 2.13. The monoisotopic (exact) mass is 220 g/mol. The van der Waals surface area contributed by atoms with Gasteiger partial charge in [0.2, 0.25) is 0 Å². The van der Waals surface area contributed by atoms with Crippen LogP contribution in [0.25, 0.3) is 0 Å². The van der Waals surface area contributed by atoms with Gasteiger partial charge in [0.25, 0.3) is 0 Å². The first-order valence-corrected chi connectivity index (χ1v) is 4.74. The molecule has 0 aliphatic carbocycles. The summed E-state index contributed by atoms with van der Waals surface area (Å²) in [6, 6.07) is 7.89. The van der Waals surface area contributed by atoms with Crippen LogP contribution in [-0.2, 0) is 6.42 Å². The second kappa shape index (κ2) is 4.63. The van der Waals surface area contributed by atoms with Crippen LogP contribution in [-0.4, -0.2) is 17.3 Å². The lowest BCUT2D eigenvalue weighted by Crippen LogP contribution is -2.06. The predicted molar refractivity (Wildman–Crippen MR) is 57.9 cm³/mol. The average Bonchev–Trinajstić information content (AvgIpc) is 2.77. The Morgan fingerprint density at radius 3 is 3.06 bits per heavy atom. The number of aromatic nitrogens is 2. The second-order valence-corrected chi connectivity index (χ2v) is 3.19. The van der Waals surface area contributed by atoms with E-state index in [1.807, 2.05) is 24.3 Å². The maximum absolute atomic E-state index is 5.14. The van der Waals surface area contributed by atoms with Gasteiger partial charge in [-0.25, -0.2) is 5.84 Å². The van der Waals surface area contributed by atoms with E-state index in [-0.39, 0.29) is 6.01 Å². The van der Waals surface area contributed by atoms with E-state index >= 15 is 0 Å². The van der Waals surface area contributed by atoms with Crippen molar-refractivity contribution in [3.63, 3.8) is 0 Å². The van der Waals surface area contributed by atoms with Gasteiger partial charge in [-0.2, -0.15) is 4.98 Å². The molecule has 1 aromatic heterocycles. The van der Waals surface area contributed by atoms with Crippen LogP contribution in [0.5, 0.6) is 5.75 Å². The molecule has 0 atom stereocenters. The molecule has 0 amide bonds. The highest BCUT2D eigenvalue weighted by Gasteiger charge is 2.05. The van der Waals surface area contributed by atoms with Crippen LogP contribution in [0.1, 0.15) is 11.4 Å². The van der Waals surface area contributed by atoms with E-state index in [9.17, 15) is 0 Å². The van der Waals surface area contributed by atoms with Gasteiger partial charge >= 0.3 is 6.01 Å². The number of ether oxygens (including phenoxy) is 1. The number of nitrogens with one attached hydrogen (secondary N) is 1. The summed E-state index contributed by atoms with van der Waals surface area (Å²) in [6.07, 6.45) is 0.572. The van der Waals surface area contributed by atoms with E-state index in [1.165, 1.54) is 0 Å². The van der Waals surface area contributed by atoms with E-state index in [4.69, 9.17) is 15.1 Å². The van der Waals surface area contributed by atoms with Crippen molar-refractivity contribution in [3.05, 3.63) is 35.7 Å². The van der Waals surface area contributed by atoms with E-state index in [0.717, 1.165) is 11.3 Å². The van der Waals surface area contributed by atoms with Crippen molar-refractivity contribution in [1.82, 2.24) is 10.1 Å². The van der Waals surface area contributed by atoms with Crippen molar-refractivity contribution in [2.45, 2.75) is 6.42 Å². The molecule has 0 saturated carbocycles. The van der Waals surface area contributed by atoms with Crippen LogP contribution in [0.3, 0.4) is 0 Å².